The number of halogens is 1. The maximum atomic E-state index is 11.3. The van der Waals surface area contributed by atoms with Crippen LogP contribution in [0.15, 0.2) is 22.7 Å². The van der Waals surface area contributed by atoms with Crippen molar-refractivity contribution in [1.29, 1.82) is 0 Å². The molecule has 1 aliphatic rings. The third-order valence-electron chi connectivity index (χ3n) is 3.17. The van der Waals surface area contributed by atoms with Crippen LogP contribution in [0.5, 0.6) is 0 Å². The third kappa shape index (κ3) is 1.76. The number of aryl methyl sites for hydroxylation is 1. The van der Waals surface area contributed by atoms with Crippen molar-refractivity contribution in [3.05, 3.63) is 33.8 Å². The summed E-state index contributed by atoms with van der Waals surface area (Å²) in [5.41, 5.74) is 0.900. The third-order valence-corrected chi connectivity index (χ3v) is 3.63. The normalized spacial score (nSPS) is 28.6. The lowest BCUT2D eigenvalue weighted by molar-refractivity contribution is -0.152. The van der Waals surface area contributed by atoms with E-state index in [9.17, 15) is 15.0 Å². The highest BCUT2D eigenvalue weighted by Gasteiger charge is 2.51. The first-order valence-corrected chi connectivity index (χ1v) is 5.92. The number of aliphatic hydroxyl groups excluding tert-OH is 1. The lowest BCUT2D eigenvalue weighted by atomic mass is 9.62. The average molecular weight is 285 g/mol. The number of aliphatic hydroxyl groups is 1. The Hall–Kier alpha value is -0.870. The summed E-state index contributed by atoms with van der Waals surface area (Å²) in [5, 5.41) is 18.7. The lowest BCUT2D eigenvalue weighted by Crippen LogP contribution is -2.50. The molecule has 1 aliphatic carbocycles. The molecule has 0 unspecified atom stereocenters. The minimum absolute atomic E-state index is 0.304. The van der Waals surface area contributed by atoms with Crippen molar-refractivity contribution in [2.24, 2.45) is 0 Å². The Bertz CT molecular complexity index is 416. The van der Waals surface area contributed by atoms with Crippen molar-refractivity contribution in [3.8, 4) is 0 Å². The van der Waals surface area contributed by atoms with Crippen LogP contribution in [0.25, 0.3) is 0 Å². The smallest absolute Gasteiger partial charge is 0.314 e. The second kappa shape index (κ2) is 3.86. The summed E-state index contributed by atoms with van der Waals surface area (Å²) in [6.45, 7) is 1.93. The number of rotatable bonds is 2. The first-order valence-electron chi connectivity index (χ1n) is 5.13. The van der Waals surface area contributed by atoms with Crippen LogP contribution >= 0.6 is 15.9 Å². The van der Waals surface area contributed by atoms with Crippen LogP contribution in [-0.2, 0) is 10.2 Å². The minimum Gasteiger partial charge on any atom is -0.481 e. The number of carboxylic acids is 1. The van der Waals surface area contributed by atoms with Gasteiger partial charge in [-0.05, 0) is 43.0 Å². The molecule has 0 aromatic heterocycles. The predicted octanol–water partition coefficient (Wildman–Crippen LogP) is 2.23. The van der Waals surface area contributed by atoms with Crippen molar-refractivity contribution in [3.63, 3.8) is 0 Å². The van der Waals surface area contributed by atoms with E-state index < -0.39 is 17.5 Å². The molecule has 1 aromatic rings. The Morgan fingerprint density at radius 2 is 2.06 bits per heavy atom. The van der Waals surface area contributed by atoms with Crippen LogP contribution in [0.3, 0.4) is 0 Å². The number of carbonyl (C=O) groups is 1. The van der Waals surface area contributed by atoms with Crippen molar-refractivity contribution < 1.29 is 15.0 Å². The fourth-order valence-corrected chi connectivity index (χ4v) is 2.90. The summed E-state index contributed by atoms with van der Waals surface area (Å²) in [6.07, 6.45) is 0.117. The molecule has 1 saturated carbocycles. The van der Waals surface area contributed by atoms with Crippen LogP contribution in [0.4, 0.5) is 0 Å². The molecule has 2 N–H and O–H groups in total. The SMILES string of the molecule is Cc1cc(Br)cc(C2(C(=O)O)CC(O)C2)c1. The molecule has 2 rings (SSSR count). The molecule has 1 fully saturated rings. The van der Waals surface area contributed by atoms with Gasteiger partial charge in [0.25, 0.3) is 0 Å². The van der Waals surface area contributed by atoms with E-state index >= 15 is 0 Å². The molecular formula is C12H13BrO3. The molecular weight excluding hydrogens is 272 g/mol. The van der Waals surface area contributed by atoms with Gasteiger partial charge < -0.3 is 10.2 Å². The monoisotopic (exact) mass is 284 g/mol. The van der Waals surface area contributed by atoms with Crippen molar-refractivity contribution in [2.75, 3.05) is 0 Å². The number of hydrogen-bond donors (Lipinski definition) is 2. The second-order valence-corrected chi connectivity index (χ2v) is 5.38. The van der Waals surface area contributed by atoms with Gasteiger partial charge in [0.05, 0.1) is 11.5 Å². The lowest BCUT2D eigenvalue weighted by Gasteiger charge is -2.42. The van der Waals surface area contributed by atoms with Gasteiger partial charge in [-0.1, -0.05) is 22.0 Å². The van der Waals surface area contributed by atoms with Crippen molar-refractivity contribution >= 4 is 21.9 Å². The van der Waals surface area contributed by atoms with Crippen LogP contribution in [0.1, 0.15) is 24.0 Å². The Labute approximate surface area is 102 Å². The molecule has 0 aliphatic heterocycles. The number of hydrogen-bond acceptors (Lipinski definition) is 2. The summed E-state index contributed by atoms with van der Waals surface area (Å²) in [5.74, 6) is -0.852. The topological polar surface area (TPSA) is 57.5 Å². The zero-order valence-electron chi connectivity index (χ0n) is 8.90. The van der Waals surface area contributed by atoms with Gasteiger partial charge in [0.2, 0.25) is 0 Å². The van der Waals surface area contributed by atoms with Gasteiger partial charge in [-0.3, -0.25) is 4.79 Å². The maximum absolute atomic E-state index is 11.3. The van der Waals surface area contributed by atoms with Crippen LogP contribution in [0, 0.1) is 6.92 Å². The second-order valence-electron chi connectivity index (χ2n) is 4.47. The zero-order valence-corrected chi connectivity index (χ0v) is 10.5. The standard InChI is InChI=1S/C12H13BrO3/c1-7-2-8(4-9(13)3-7)12(11(15)16)5-10(14)6-12/h2-4,10,14H,5-6H2,1H3,(H,15,16). The highest BCUT2D eigenvalue weighted by Crippen LogP contribution is 2.45. The Morgan fingerprint density at radius 3 is 2.50 bits per heavy atom. The van der Waals surface area contributed by atoms with Gasteiger partial charge in [-0.15, -0.1) is 0 Å². The molecule has 86 valence electrons. The van der Waals surface area contributed by atoms with Gasteiger partial charge in [0.15, 0.2) is 0 Å². The van der Waals surface area contributed by atoms with Crippen LogP contribution in [-0.4, -0.2) is 22.3 Å². The summed E-state index contributed by atoms with van der Waals surface area (Å²) in [6, 6.07) is 5.64. The van der Waals surface area contributed by atoms with E-state index in [0.29, 0.717) is 12.8 Å². The van der Waals surface area contributed by atoms with Crippen molar-refractivity contribution in [1.82, 2.24) is 0 Å². The van der Waals surface area contributed by atoms with E-state index in [0.717, 1.165) is 15.6 Å². The Balaban J connectivity index is 2.45. The zero-order chi connectivity index (χ0) is 11.9. The fourth-order valence-electron chi connectivity index (χ4n) is 2.29. The van der Waals surface area contributed by atoms with Gasteiger partial charge in [-0.25, -0.2) is 0 Å². The van der Waals surface area contributed by atoms with Crippen LogP contribution in [0.2, 0.25) is 0 Å². The first kappa shape index (κ1) is 11.6. The molecule has 0 heterocycles. The summed E-state index contributed by atoms with van der Waals surface area (Å²) in [4.78, 5) is 11.3. The number of aliphatic carboxylic acids is 1. The molecule has 0 atom stereocenters. The van der Waals surface area contributed by atoms with E-state index in [-0.39, 0.29) is 0 Å². The Kier molecular flexibility index (Phi) is 2.80. The molecule has 0 spiro atoms. The predicted molar refractivity (Wildman–Crippen MR) is 63.4 cm³/mol. The highest BCUT2D eigenvalue weighted by molar-refractivity contribution is 9.10. The number of benzene rings is 1. The van der Waals surface area contributed by atoms with E-state index in [1.54, 1.807) is 0 Å². The van der Waals surface area contributed by atoms with Gasteiger partial charge in [0, 0.05) is 4.47 Å². The maximum Gasteiger partial charge on any atom is 0.314 e. The van der Waals surface area contributed by atoms with E-state index in [1.165, 1.54) is 0 Å². The largest absolute Gasteiger partial charge is 0.481 e. The molecule has 0 bridgehead atoms. The van der Waals surface area contributed by atoms with Crippen LogP contribution < -0.4 is 0 Å². The summed E-state index contributed by atoms with van der Waals surface area (Å²) < 4.78 is 0.879. The van der Waals surface area contributed by atoms with E-state index in [2.05, 4.69) is 15.9 Å². The van der Waals surface area contributed by atoms with E-state index in [1.807, 2.05) is 25.1 Å². The van der Waals surface area contributed by atoms with E-state index in [4.69, 9.17) is 0 Å². The fraction of sp³-hybridized carbons (Fsp3) is 0.417. The van der Waals surface area contributed by atoms with Gasteiger partial charge >= 0.3 is 5.97 Å². The first-order chi connectivity index (χ1) is 7.44. The molecule has 16 heavy (non-hydrogen) atoms. The molecule has 4 heteroatoms. The average Bonchev–Trinajstić information content (AvgIpc) is 2.10. The number of carboxylic acid groups (broad SMARTS) is 1. The van der Waals surface area contributed by atoms with Gasteiger partial charge in [0.1, 0.15) is 0 Å². The molecule has 0 amide bonds. The summed E-state index contributed by atoms with van der Waals surface area (Å²) >= 11 is 3.37. The molecule has 0 radical (unpaired) electrons. The molecule has 0 saturated heterocycles. The molecule has 3 nitrogen and oxygen atoms in total. The summed E-state index contributed by atoms with van der Waals surface area (Å²) in [7, 11) is 0. The molecule has 1 aromatic carbocycles. The quantitative estimate of drug-likeness (QED) is 0.876. The Morgan fingerprint density at radius 1 is 1.44 bits per heavy atom. The minimum atomic E-state index is -0.895. The highest BCUT2D eigenvalue weighted by atomic mass is 79.9. The van der Waals surface area contributed by atoms with Gasteiger partial charge in [-0.2, -0.15) is 0 Å². The van der Waals surface area contributed by atoms with Crippen molar-refractivity contribution in [2.45, 2.75) is 31.3 Å².